The molecular formula is C36H48N2O4. The summed E-state index contributed by atoms with van der Waals surface area (Å²) >= 11 is 0. The number of benzene rings is 2. The second kappa shape index (κ2) is 17.2. The van der Waals surface area contributed by atoms with Crippen molar-refractivity contribution in [3.05, 3.63) is 83.6 Å². The maximum atomic E-state index is 11.8. The molecule has 6 nitrogen and oxygen atoms in total. The van der Waals surface area contributed by atoms with Gasteiger partial charge in [-0.3, -0.25) is 4.79 Å². The van der Waals surface area contributed by atoms with E-state index in [-0.39, 0.29) is 0 Å². The lowest BCUT2D eigenvalue weighted by molar-refractivity contribution is -0.149. The molecular weight excluding hydrogens is 524 g/mol. The first-order valence-electron chi connectivity index (χ1n) is 15.4. The molecule has 1 aromatic heterocycles. The smallest absolute Gasteiger partial charge is 0.309 e. The molecule has 3 aromatic rings. The molecule has 2 N–H and O–H groups in total. The van der Waals surface area contributed by atoms with E-state index in [2.05, 4.69) is 54.5 Å². The fourth-order valence-corrected chi connectivity index (χ4v) is 4.77. The van der Waals surface area contributed by atoms with Crippen molar-refractivity contribution in [2.45, 2.75) is 72.6 Å². The topological polar surface area (TPSA) is 80.7 Å². The van der Waals surface area contributed by atoms with E-state index in [9.17, 15) is 9.90 Å². The number of aromatic nitrogens is 1. The average molecular weight is 573 g/mol. The molecule has 226 valence electrons. The Balaban J connectivity index is 1.41. The summed E-state index contributed by atoms with van der Waals surface area (Å²) in [5, 5.41) is 13.1. The Kier molecular flexibility index (Phi) is 13.4. The van der Waals surface area contributed by atoms with Gasteiger partial charge in [0.25, 0.3) is 0 Å². The number of aryl methyl sites for hydroxylation is 1. The summed E-state index contributed by atoms with van der Waals surface area (Å²) in [4.78, 5) is 16.4. The van der Waals surface area contributed by atoms with E-state index in [1.807, 2.05) is 62.4 Å². The van der Waals surface area contributed by atoms with Crippen molar-refractivity contribution in [1.82, 2.24) is 4.98 Å². The number of anilines is 1. The Hall–Kier alpha value is -3.80. The summed E-state index contributed by atoms with van der Waals surface area (Å²) in [5.74, 6) is 1.51. The summed E-state index contributed by atoms with van der Waals surface area (Å²) in [6.07, 6.45) is 9.93. The summed E-state index contributed by atoms with van der Waals surface area (Å²) in [7, 11) is 0. The van der Waals surface area contributed by atoms with Crippen LogP contribution in [0.4, 0.5) is 5.69 Å². The van der Waals surface area contributed by atoms with E-state index in [1.54, 1.807) is 0 Å². The number of carbonyl (C=O) groups is 1. The van der Waals surface area contributed by atoms with Crippen LogP contribution in [0.1, 0.15) is 83.0 Å². The fourth-order valence-electron chi connectivity index (χ4n) is 4.77. The van der Waals surface area contributed by atoms with Gasteiger partial charge in [-0.15, -0.1) is 0 Å². The number of rotatable bonds is 19. The molecule has 0 aliphatic carbocycles. The minimum Gasteiger partial charge on any atom is -0.494 e. The van der Waals surface area contributed by atoms with E-state index in [4.69, 9.17) is 9.47 Å². The Morgan fingerprint density at radius 2 is 1.71 bits per heavy atom. The number of nitrogens with zero attached hydrogens (tertiary/aromatic N) is 1. The Bertz CT molecular complexity index is 1250. The van der Waals surface area contributed by atoms with Crippen LogP contribution in [-0.4, -0.2) is 35.8 Å². The lowest BCUT2D eigenvalue weighted by Gasteiger charge is -2.26. The second-order valence-corrected chi connectivity index (χ2v) is 11.3. The zero-order chi connectivity index (χ0) is 30.2. The summed E-state index contributed by atoms with van der Waals surface area (Å²) in [6.45, 7) is 10.3. The van der Waals surface area contributed by atoms with Crippen LogP contribution in [0, 0.1) is 11.3 Å². The van der Waals surface area contributed by atoms with Crippen molar-refractivity contribution in [2.24, 2.45) is 11.3 Å². The molecule has 0 spiro atoms. The molecule has 2 aromatic carbocycles. The molecule has 1 heterocycles. The van der Waals surface area contributed by atoms with Gasteiger partial charge in [0.2, 0.25) is 5.88 Å². The third-order valence-electron chi connectivity index (χ3n) is 7.82. The van der Waals surface area contributed by atoms with Gasteiger partial charge < -0.3 is 19.9 Å². The van der Waals surface area contributed by atoms with Crippen molar-refractivity contribution in [3.8, 4) is 11.6 Å². The minimum absolute atomic E-state index is 0.591. The Morgan fingerprint density at radius 1 is 0.952 bits per heavy atom. The van der Waals surface area contributed by atoms with Crippen LogP contribution in [0.15, 0.2) is 66.7 Å². The molecule has 0 fully saturated rings. The van der Waals surface area contributed by atoms with Gasteiger partial charge in [-0.1, -0.05) is 64.1 Å². The largest absolute Gasteiger partial charge is 0.494 e. The zero-order valence-electron chi connectivity index (χ0n) is 25.8. The highest BCUT2D eigenvalue weighted by molar-refractivity contribution is 5.74. The average Bonchev–Trinajstić information content (AvgIpc) is 2.99. The number of carboxylic acids is 1. The molecule has 42 heavy (non-hydrogen) atoms. The minimum atomic E-state index is -0.714. The third-order valence-corrected chi connectivity index (χ3v) is 7.82. The lowest BCUT2D eigenvalue weighted by Crippen LogP contribution is -2.31. The van der Waals surface area contributed by atoms with Gasteiger partial charge in [0.1, 0.15) is 5.75 Å². The molecule has 0 amide bonds. The summed E-state index contributed by atoms with van der Waals surface area (Å²) in [5.41, 5.74) is 3.49. The molecule has 0 aliphatic rings. The van der Waals surface area contributed by atoms with Crippen LogP contribution in [0.5, 0.6) is 11.6 Å². The van der Waals surface area contributed by atoms with E-state index in [1.165, 1.54) is 5.56 Å². The van der Waals surface area contributed by atoms with Crippen LogP contribution in [-0.2, 0) is 11.2 Å². The van der Waals surface area contributed by atoms with Crippen molar-refractivity contribution >= 4 is 23.8 Å². The van der Waals surface area contributed by atoms with Crippen LogP contribution in [0.2, 0.25) is 0 Å². The highest BCUT2D eigenvalue weighted by Gasteiger charge is 2.34. The van der Waals surface area contributed by atoms with Gasteiger partial charge in [-0.2, -0.15) is 0 Å². The number of carboxylic acid groups (broad SMARTS) is 1. The van der Waals surface area contributed by atoms with Crippen molar-refractivity contribution in [1.29, 1.82) is 0 Å². The molecule has 6 heteroatoms. The highest BCUT2D eigenvalue weighted by atomic mass is 16.5. The van der Waals surface area contributed by atoms with Gasteiger partial charge in [0, 0.05) is 18.3 Å². The van der Waals surface area contributed by atoms with Gasteiger partial charge in [-0.25, -0.2) is 4.98 Å². The van der Waals surface area contributed by atoms with Crippen molar-refractivity contribution in [2.75, 3.05) is 25.1 Å². The molecule has 0 saturated carbocycles. The van der Waals surface area contributed by atoms with E-state index < -0.39 is 11.4 Å². The van der Waals surface area contributed by atoms with Crippen molar-refractivity contribution in [3.63, 3.8) is 0 Å². The normalized spacial score (nSPS) is 11.6. The van der Waals surface area contributed by atoms with Gasteiger partial charge >= 0.3 is 5.97 Å². The van der Waals surface area contributed by atoms with E-state index in [0.29, 0.717) is 44.2 Å². The molecule has 0 radical (unpaired) electrons. The van der Waals surface area contributed by atoms with Crippen LogP contribution < -0.4 is 14.8 Å². The summed E-state index contributed by atoms with van der Waals surface area (Å²) in [6, 6.07) is 22.3. The number of ether oxygens (including phenoxy) is 2. The van der Waals surface area contributed by atoms with Gasteiger partial charge in [0.15, 0.2) is 0 Å². The Morgan fingerprint density at radius 3 is 2.43 bits per heavy atom. The summed E-state index contributed by atoms with van der Waals surface area (Å²) < 4.78 is 11.7. The maximum Gasteiger partial charge on any atom is 0.309 e. The predicted molar refractivity (Wildman–Crippen MR) is 173 cm³/mol. The zero-order valence-corrected chi connectivity index (χ0v) is 25.8. The van der Waals surface area contributed by atoms with Crippen LogP contribution in [0.25, 0.3) is 12.2 Å². The quantitative estimate of drug-likeness (QED) is 0.140. The molecule has 0 bridgehead atoms. The molecule has 0 saturated heterocycles. The SMILES string of the molecule is CCC(CC)(CCNc1cccc(C=Cc2cccc(OCCCCc3ccc(OCCC(C)C)cc3)n2)c1)C(=O)O. The van der Waals surface area contributed by atoms with Crippen LogP contribution in [0.3, 0.4) is 0 Å². The molecule has 0 unspecified atom stereocenters. The number of nitrogens with one attached hydrogen (secondary N) is 1. The first-order valence-corrected chi connectivity index (χ1v) is 15.4. The first kappa shape index (κ1) is 32.7. The second-order valence-electron chi connectivity index (χ2n) is 11.3. The molecule has 0 aliphatic heterocycles. The monoisotopic (exact) mass is 572 g/mol. The number of unbranched alkanes of at least 4 members (excludes halogenated alkanes) is 1. The van der Waals surface area contributed by atoms with Gasteiger partial charge in [0.05, 0.1) is 24.3 Å². The van der Waals surface area contributed by atoms with E-state index >= 15 is 0 Å². The van der Waals surface area contributed by atoms with E-state index in [0.717, 1.165) is 55.0 Å². The van der Waals surface area contributed by atoms with Gasteiger partial charge in [-0.05, 0) is 98.4 Å². The first-order chi connectivity index (χ1) is 20.3. The third kappa shape index (κ3) is 10.9. The number of hydrogen-bond acceptors (Lipinski definition) is 5. The number of aliphatic carboxylic acids is 1. The maximum absolute atomic E-state index is 11.8. The Labute approximate surface area is 252 Å². The van der Waals surface area contributed by atoms with Crippen molar-refractivity contribution < 1.29 is 19.4 Å². The predicted octanol–water partition coefficient (Wildman–Crippen LogP) is 8.77. The fraction of sp³-hybridized carbons (Fsp3) is 0.444. The molecule has 0 atom stereocenters. The molecule has 3 rings (SSSR count). The number of hydrogen-bond donors (Lipinski definition) is 2. The highest BCUT2D eigenvalue weighted by Crippen LogP contribution is 2.31. The van der Waals surface area contributed by atoms with Crippen LogP contribution >= 0.6 is 0 Å². The number of pyridine rings is 1. The lowest BCUT2D eigenvalue weighted by atomic mass is 9.79. The standard InChI is InChI=1S/C36H48N2O4/c1-5-36(6-2,35(39)40)23-24-37-32-14-9-12-30(27-32)16-19-31-13-10-15-34(38-31)42-25-8-7-11-29-17-20-33(21-18-29)41-26-22-28(3)4/h9-10,12-21,27-28,37H,5-8,11,22-26H2,1-4H3,(H,39,40).